The largest absolute Gasteiger partial charge is 0.490 e. The Bertz CT molecular complexity index is 1470. The van der Waals surface area contributed by atoms with Crippen LogP contribution in [0.2, 0.25) is 0 Å². The number of rotatable bonds is 11. The number of benzene rings is 4. The molecule has 7 heteroatoms. The number of ether oxygens (including phenoxy) is 2. The Hall–Kier alpha value is -4.13. The summed E-state index contributed by atoms with van der Waals surface area (Å²) < 4.78 is 69.3. The number of carbonyl (C=O) groups is 1. The van der Waals surface area contributed by atoms with Crippen molar-refractivity contribution in [2.45, 2.75) is 46.0 Å². The van der Waals surface area contributed by atoms with Crippen LogP contribution < -0.4 is 9.47 Å². The third-order valence-corrected chi connectivity index (χ3v) is 6.60. The monoisotopic (exact) mass is 550 g/mol. The Morgan fingerprint density at radius 2 is 1.15 bits per heavy atom. The summed E-state index contributed by atoms with van der Waals surface area (Å²) in [4.78, 5) is 12.6. The van der Waals surface area contributed by atoms with Gasteiger partial charge in [-0.1, -0.05) is 86.7 Å². The lowest BCUT2D eigenvalue weighted by Gasteiger charge is -2.11. The molecule has 4 rings (SSSR count). The summed E-state index contributed by atoms with van der Waals surface area (Å²) >= 11 is 0. The van der Waals surface area contributed by atoms with Gasteiger partial charge in [0, 0.05) is 11.1 Å². The zero-order valence-electron chi connectivity index (χ0n) is 22.4. The van der Waals surface area contributed by atoms with E-state index in [-0.39, 0.29) is 29.0 Å². The molecule has 208 valence electrons. The molecular weight excluding hydrogens is 520 g/mol. The Kier molecular flexibility index (Phi) is 9.59. The molecule has 0 radical (unpaired) electrons. The molecule has 0 aliphatic rings. The van der Waals surface area contributed by atoms with Crippen molar-refractivity contribution in [1.82, 2.24) is 0 Å². The molecule has 0 atom stereocenters. The van der Waals surface area contributed by atoms with Gasteiger partial charge in [-0.2, -0.15) is 8.78 Å². The van der Waals surface area contributed by atoms with E-state index in [9.17, 15) is 22.4 Å². The van der Waals surface area contributed by atoms with Gasteiger partial charge in [0.25, 0.3) is 0 Å². The Morgan fingerprint density at radius 1 is 0.625 bits per heavy atom. The van der Waals surface area contributed by atoms with Crippen LogP contribution in [0.15, 0.2) is 72.8 Å². The molecule has 0 unspecified atom stereocenters. The molecule has 0 aromatic heterocycles. The van der Waals surface area contributed by atoms with E-state index in [1.165, 1.54) is 42.5 Å². The molecular formula is C33H30F4O3. The van der Waals surface area contributed by atoms with Crippen LogP contribution >= 0.6 is 0 Å². The molecule has 0 spiro atoms. The smallest absolute Gasteiger partial charge is 0.343 e. The highest BCUT2D eigenvalue weighted by Crippen LogP contribution is 2.32. The first kappa shape index (κ1) is 28.9. The Morgan fingerprint density at radius 3 is 1.75 bits per heavy atom. The van der Waals surface area contributed by atoms with Crippen molar-refractivity contribution in [2.24, 2.45) is 0 Å². The fraction of sp³-hybridized carbons (Fsp3) is 0.242. The van der Waals surface area contributed by atoms with E-state index in [1.54, 1.807) is 12.1 Å². The first-order chi connectivity index (χ1) is 19.3. The quantitative estimate of drug-likeness (QED) is 0.0808. The van der Waals surface area contributed by atoms with Crippen LogP contribution in [0, 0.1) is 30.2 Å². The average Bonchev–Trinajstić information content (AvgIpc) is 2.96. The van der Waals surface area contributed by atoms with Gasteiger partial charge in [0.15, 0.2) is 23.1 Å². The zero-order valence-corrected chi connectivity index (χ0v) is 22.4. The lowest BCUT2D eigenvalue weighted by Crippen LogP contribution is -2.10. The van der Waals surface area contributed by atoms with Crippen LogP contribution in [0.25, 0.3) is 22.3 Å². The maximum atomic E-state index is 15.0. The van der Waals surface area contributed by atoms with Crippen molar-refractivity contribution >= 4 is 5.97 Å². The summed E-state index contributed by atoms with van der Waals surface area (Å²) in [5, 5.41) is 0. The predicted molar refractivity (Wildman–Crippen MR) is 148 cm³/mol. The molecule has 0 heterocycles. The molecule has 0 aliphatic carbocycles. The van der Waals surface area contributed by atoms with E-state index in [2.05, 4.69) is 6.92 Å². The van der Waals surface area contributed by atoms with Crippen molar-refractivity contribution in [3.8, 4) is 33.8 Å². The highest BCUT2D eigenvalue weighted by Gasteiger charge is 2.20. The maximum absolute atomic E-state index is 15.0. The van der Waals surface area contributed by atoms with Gasteiger partial charge in [0.05, 0.1) is 12.2 Å². The molecule has 4 aromatic carbocycles. The molecule has 40 heavy (non-hydrogen) atoms. The number of aryl methyl sites for hydroxylation is 1. The second-order valence-electron chi connectivity index (χ2n) is 9.57. The zero-order chi connectivity index (χ0) is 28.6. The van der Waals surface area contributed by atoms with E-state index in [0.717, 1.165) is 43.7 Å². The fourth-order valence-corrected chi connectivity index (χ4v) is 4.27. The molecule has 0 aliphatic heterocycles. The first-order valence-corrected chi connectivity index (χ1v) is 13.3. The average molecular weight is 551 g/mol. The van der Waals surface area contributed by atoms with Crippen molar-refractivity contribution in [3.63, 3.8) is 0 Å². The van der Waals surface area contributed by atoms with Crippen LogP contribution in [-0.4, -0.2) is 12.6 Å². The molecule has 0 saturated carbocycles. The summed E-state index contributed by atoms with van der Waals surface area (Å²) in [6.07, 6.45) is 4.93. The van der Waals surface area contributed by atoms with Crippen molar-refractivity contribution in [2.75, 3.05) is 6.61 Å². The third kappa shape index (κ3) is 6.71. The summed E-state index contributed by atoms with van der Waals surface area (Å²) in [5.41, 5.74) is 2.06. The highest BCUT2D eigenvalue weighted by atomic mass is 19.2. The van der Waals surface area contributed by atoms with Gasteiger partial charge in [-0.15, -0.1) is 0 Å². The summed E-state index contributed by atoms with van der Waals surface area (Å²) in [5.74, 6) is -6.33. The van der Waals surface area contributed by atoms with Crippen molar-refractivity contribution in [1.29, 1.82) is 0 Å². The molecule has 0 N–H and O–H groups in total. The van der Waals surface area contributed by atoms with Gasteiger partial charge in [-0.3, -0.25) is 0 Å². The lowest BCUT2D eigenvalue weighted by atomic mass is 9.98. The second-order valence-corrected chi connectivity index (χ2v) is 9.57. The molecule has 3 nitrogen and oxygen atoms in total. The molecule has 0 bridgehead atoms. The Labute approximate surface area is 231 Å². The number of esters is 1. The van der Waals surface area contributed by atoms with Gasteiger partial charge in [-0.25, -0.2) is 13.6 Å². The molecule has 0 saturated heterocycles. The number of unbranched alkanes of at least 4 members (excludes halogenated alkanes) is 4. The number of hydrogen-bond acceptors (Lipinski definition) is 3. The number of carbonyl (C=O) groups excluding carboxylic acids is 1. The highest BCUT2D eigenvalue weighted by molar-refractivity contribution is 5.91. The van der Waals surface area contributed by atoms with Crippen LogP contribution in [0.3, 0.4) is 0 Å². The van der Waals surface area contributed by atoms with E-state index >= 15 is 0 Å². The summed E-state index contributed by atoms with van der Waals surface area (Å²) in [6.45, 7) is 4.26. The van der Waals surface area contributed by atoms with Crippen molar-refractivity contribution < 1.29 is 31.8 Å². The minimum Gasteiger partial charge on any atom is -0.490 e. The summed E-state index contributed by atoms with van der Waals surface area (Å²) in [6, 6.07) is 17.9. The number of hydrogen-bond donors (Lipinski definition) is 0. The van der Waals surface area contributed by atoms with Gasteiger partial charge in [-0.05, 0) is 48.7 Å². The molecule has 4 aromatic rings. The summed E-state index contributed by atoms with van der Waals surface area (Å²) in [7, 11) is 0. The predicted octanol–water partition coefficient (Wildman–Crippen LogP) is 9.45. The van der Waals surface area contributed by atoms with E-state index in [1.807, 2.05) is 19.1 Å². The van der Waals surface area contributed by atoms with E-state index < -0.39 is 35.0 Å². The van der Waals surface area contributed by atoms with Crippen LogP contribution in [-0.2, 0) is 0 Å². The Balaban J connectivity index is 1.43. The minimum atomic E-state index is -1.33. The minimum absolute atomic E-state index is 0.0161. The lowest BCUT2D eigenvalue weighted by molar-refractivity contribution is 0.0726. The van der Waals surface area contributed by atoms with Gasteiger partial charge in [0.1, 0.15) is 0 Å². The normalized spacial score (nSPS) is 10.9. The van der Waals surface area contributed by atoms with E-state index in [0.29, 0.717) is 11.1 Å². The standard InChI is InChI=1S/C33H30F4O3/c1-3-4-5-6-7-20-39-27-18-19-28(32(37)31(27)36)40-33(38)24-14-12-23(13-15-24)26-17-16-25(29(34)30(26)35)22-10-8-21(2)9-11-22/h8-19H,3-7,20H2,1-2H3. The van der Waals surface area contributed by atoms with Gasteiger partial charge in [0.2, 0.25) is 11.6 Å². The molecule has 0 amide bonds. The van der Waals surface area contributed by atoms with Gasteiger partial charge >= 0.3 is 5.97 Å². The van der Waals surface area contributed by atoms with E-state index in [4.69, 9.17) is 9.47 Å². The topological polar surface area (TPSA) is 35.5 Å². The SMILES string of the molecule is CCCCCCCOc1ccc(OC(=O)c2ccc(-c3ccc(-c4ccc(C)cc4)c(F)c3F)cc2)c(F)c1F. The van der Waals surface area contributed by atoms with Gasteiger partial charge < -0.3 is 9.47 Å². The van der Waals surface area contributed by atoms with Crippen LogP contribution in [0.1, 0.15) is 54.9 Å². The maximum Gasteiger partial charge on any atom is 0.343 e. The molecule has 0 fully saturated rings. The van der Waals surface area contributed by atoms with Crippen LogP contribution in [0.4, 0.5) is 17.6 Å². The fourth-order valence-electron chi connectivity index (χ4n) is 4.27. The third-order valence-electron chi connectivity index (χ3n) is 6.60. The first-order valence-electron chi connectivity index (χ1n) is 13.3. The van der Waals surface area contributed by atoms with Crippen LogP contribution in [0.5, 0.6) is 11.5 Å². The van der Waals surface area contributed by atoms with Crippen molar-refractivity contribution in [3.05, 3.63) is 107 Å². The number of halogens is 4. The second kappa shape index (κ2) is 13.3.